The molecular formula is C18H21NO3. The van der Waals surface area contributed by atoms with Gasteiger partial charge in [-0.2, -0.15) is 0 Å². The van der Waals surface area contributed by atoms with Crippen LogP contribution in [0.15, 0.2) is 30.3 Å². The van der Waals surface area contributed by atoms with Crippen molar-refractivity contribution >= 4 is 17.8 Å². The number of benzene rings is 2. The van der Waals surface area contributed by atoms with Crippen LogP contribution in [-0.2, 0) is 0 Å². The van der Waals surface area contributed by atoms with Crippen LogP contribution in [0.2, 0.25) is 0 Å². The molecule has 0 aliphatic heterocycles. The second-order valence-corrected chi connectivity index (χ2v) is 4.91. The maximum Gasteiger partial charge on any atom is 0.203 e. The lowest BCUT2D eigenvalue weighted by Crippen LogP contribution is -1.95. The van der Waals surface area contributed by atoms with E-state index in [0.717, 1.165) is 22.4 Å². The molecule has 2 aromatic rings. The number of ether oxygens (including phenoxy) is 3. The summed E-state index contributed by atoms with van der Waals surface area (Å²) in [5.41, 5.74) is 9.78. The van der Waals surface area contributed by atoms with Gasteiger partial charge < -0.3 is 19.9 Å². The Morgan fingerprint density at radius 3 is 1.91 bits per heavy atom. The molecule has 0 saturated carbocycles. The van der Waals surface area contributed by atoms with E-state index in [1.807, 2.05) is 49.4 Å². The summed E-state index contributed by atoms with van der Waals surface area (Å²) in [5.74, 6) is 1.84. The van der Waals surface area contributed by atoms with Crippen LogP contribution in [0.1, 0.15) is 16.7 Å². The van der Waals surface area contributed by atoms with Crippen molar-refractivity contribution in [2.24, 2.45) is 0 Å². The third-order valence-electron chi connectivity index (χ3n) is 3.46. The molecule has 0 atom stereocenters. The summed E-state index contributed by atoms with van der Waals surface area (Å²) in [6.45, 7) is 1.99. The average Bonchev–Trinajstić information content (AvgIpc) is 2.54. The molecule has 0 aliphatic rings. The summed E-state index contributed by atoms with van der Waals surface area (Å²) in [4.78, 5) is 0. The second-order valence-electron chi connectivity index (χ2n) is 4.91. The van der Waals surface area contributed by atoms with Gasteiger partial charge in [-0.1, -0.05) is 24.3 Å². The molecule has 0 heterocycles. The Labute approximate surface area is 131 Å². The Balaban J connectivity index is 2.36. The zero-order valence-electron chi connectivity index (χ0n) is 13.3. The molecule has 4 nitrogen and oxygen atoms in total. The summed E-state index contributed by atoms with van der Waals surface area (Å²) in [7, 11) is 4.79. The van der Waals surface area contributed by atoms with Gasteiger partial charge in [0.25, 0.3) is 0 Å². The Kier molecular flexibility index (Phi) is 4.94. The quantitative estimate of drug-likeness (QED) is 0.674. The topological polar surface area (TPSA) is 53.7 Å². The first-order valence-electron chi connectivity index (χ1n) is 6.93. The number of nitrogen functional groups attached to an aromatic ring is 1. The van der Waals surface area contributed by atoms with Crippen molar-refractivity contribution in [2.75, 3.05) is 27.1 Å². The van der Waals surface area contributed by atoms with Crippen molar-refractivity contribution < 1.29 is 14.2 Å². The number of hydrogen-bond acceptors (Lipinski definition) is 4. The first-order chi connectivity index (χ1) is 10.6. The van der Waals surface area contributed by atoms with Crippen LogP contribution in [0.5, 0.6) is 17.2 Å². The van der Waals surface area contributed by atoms with E-state index in [9.17, 15) is 0 Å². The summed E-state index contributed by atoms with van der Waals surface area (Å²) in [6.07, 6.45) is 3.98. The molecule has 0 unspecified atom stereocenters. The molecule has 0 spiro atoms. The van der Waals surface area contributed by atoms with Crippen molar-refractivity contribution in [3.05, 3.63) is 47.0 Å². The Hall–Kier alpha value is -2.62. The monoisotopic (exact) mass is 299 g/mol. The maximum absolute atomic E-state index is 5.93. The van der Waals surface area contributed by atoms with Gasteiger partial charge in [0.2, 0.25) is 5.75 Å². The van der Waals surface area contributed by atoms with E-state index in [1.54, 1.807) is 21.3 Å². The van der Waals surface area contributed by atoms with Gasteiger partial charge in [0.15, 0.2) is 11.5 Å². The van der Waals surface area contributed by atoms with E-state index in [-0.39, 0.29) is 0 Å². The third-order valence-corrected chi connectivity index (χ3v) is 3.46. The minimum absolute atomic E-state index is 0.585. The fourth-order valence-corrected chi connectivity index (χ4v) is 2.15. The lowest BCUT2D eigenvalue weighted by atomic mass is 10.1. The first-order valence-corrected chi connectivity index (χ1v) is 6.93. The first kappa shape index (κ1) is 15.8. The largest absolute Gasteiger partial charge is 0.493 e. The molecule has 2 aromatic carbocycles. The van der Waals surface area contributed by atoms with Crippen LogP contribution in [0, 0.1) is 6.92 Å². The highest BCUT2D eigenvalue weighted by Crippen LogP contribution is 2.38. The normalized spacial score (nSPS) is 10.7. The van der Waals surface area contributed by atoms with Crippen molar-refractivity contribution in [2.45, 2.75) is 6.92 Å². The SMILES string of the molecule is COc1cc(C=Cc2ccc(C)c(N)c2)cc(OC)c1OC. The van der Waals surface area contributed by atoms with Crippen molar-refractivity contribution in [3.8, 4) is 17.2 Å². The fraction of sp³-hybridized carbons (Fsp3) is 0.222. The minimum atomic E-state index is 0.585. The van der Waals surface area contributed by atoms with Crippen LogP contribution in [-0.4, -0.2) is 21.3 Å². The van der Waals surface area contributed by atoms with Crippen LogP contribution in [0.3, 0.4) is 0 Å². The maximum atomic E-state index is 5.93. The minimum Gasteiger partial charge on any atom is -0.493 e. The van der Waals surface area contributed by atoms with Crippen LogP contribution >= 0.6 is 0 Å². The highest BCUT2D eigenvalue weighted by atomic mass is 16.5. The number of anilines is 1. The zero-order chi connectivity index (χ0) is 16.1. The fourth-order valence-electron chi connectivity index (χ4n) is 2.15. The highest BCUT2D eigenvalue weighted by Gasteiger charge is 2.11. The van der Waals surface area contributed by atoms with Crippen LogP contribution < -0.4 is 19.9 Å². The molecule has 0 amide bonds. The molecule has 0 saturated heterocycles. The molecule has 0 fully saturated rings. The van der Waals surface area contributed by atoms with E-state index < -0.39 is 0 Å². The number of hydrogen-bond donors (Lipinski definition) is 1. The van der Waals surface area contributed by atoms with Gasteiger partial charge in [0.05, 0.1) is 21.3 Å². The Bertz CT molecular complexity index is 668. The molecule has 22 heavy (non-hydrogen) atoms. The predicted molar refractivity (Wildman–Crippen MR) is 90.6 cm³/mol. The van der Waals surface area contributed by atoms with E-state index in [0.29, 0.717) is 17.2 Å². The van der Waals surface area contributed by atoms with Gasteiger partial charge in [-0.15, -0.1) is 0 Å². The van der Waals surface area contributed by atoms with E-state index in [4.69, 9.17) is 19.9 Å². The van der Waals surface area contributed by atoms with Crippen LogP contribution in [0.4, 0.5) is 5.69 Å². The zero-order valence-corrected chi connectivity index (χ0v) is 13.3. The van der Waals surface area contributed by atoms with E-state index >= 15 is 0 Å². The van der Waals surface area contributed by atoms with E-state index in [1.165, 1.54) is 0 Å². The van der Waals surface area contributed by atoms with E-state index in [2.05, 4.69) is 0 Å². The van der Waals surface area contributed by atoms with Gasteiger partial charge in [0, 0.05) is 5.69 Å². The molecule has 0 bridgehead atoms. The lowest BCUT2D eigenvalue weighted by Gasteiger charge is -2.12. The molecule has 0 radical (unpaired) electrons. The van der Waals surface area contributed by atoms with Gasteiger partial charge >= 0.3 is 0 Å². The van der Waals surface area contributed by atoms with Crippen molar-refractivity contribution in [1.29, 1.82) is 0 Å². The summed E-state index contributed by atoms with van der Waals surface area (Å²) in [6, 6.07) is 9.78. The van der Waals surface area contributed by atoms with Gasteiger partial charge in [-0.3, -0.25) is 0 Å². The molecule has 0 aliphatic carbocycles. The lowest BCUT2D eigenvalue weighted by molar-refractivity contribution is 0.324. The predicted octanol–water partition coefficient (Wildman–Crippen LogP) is 3.77. The number of rotatable bonds is 5. The number of aryl methyl sites for hydroxylation is 1. The second kappa shape index (κ2) is 6.89. The standard InChI is InChI=1S/C18H21NO3/c1-12-5-6-13(9-15(12)19)7-8-14-10-16(20-2)18(22-4)17(11-14)21-3/h5-11H,19H2,1-4H3. The smallest absolute Gasteiger partial charge is 0.203 e. The molecule has 2 rings (SSSR count). The van der Waals surface area contributed by atoms with Crippen molar-refractivity contribution in [1.82, 2.24) is 0 Å². The summed E-state index contributed by atoms with van der Waals surface area (Å²) < 4.78 is 16.0. The Morgan fingerprint density at radius 1 is 0.818 bits per heavy atom. The number of methoxy groups -OCH3 is 3. The molecule has 116 valence electrons. The number of nitrogens with two attached hydrogens (primary N) is 1. The highest BCUT2D eigenvalue weighted by molar-refractivity contribution is 5.74. The Morgan fingerprint density at radius 2 is 1.41 bits per heavy atom. The molecule has 2 N–H and O–H groups in total. The van der Waals surface area contributed by atoms with Gasteiger partial charge in [-0.05, 0) is 41.8 Å². The summed E-state index contributed by atoms with van der Waals surface area (Å²) >= 11 is 0. The summed E-state index contributed by atoms with van der Waals surface area (Å²) in [5, 5.41) is 0. The average molecular weight is 299 g/mol. The third kappa shape index (κ3) is 3.34. The molecular weight excluding hydrogens is 278 g/mol. The van der Waals surface area contributed by atoms with Crippen molar-refractivity contribution in [3.63, 3.8) is 0 Å². The van der Waals surface area contributed by atoms with Crippen LogP contribution in [0.25, 0.3) is 12.2 Å². The van der Waals surface area contributed by atoms with Gasteiger partial charge in [0.1, 0.15) is 0 Å². The molecule has 0 aromatic heterocycles. The molecule has 4 heteroatoms. The van der Waals surface area contributed by atoms with Gasteiger partial charge in [-0.25, -0.2) is 0 Å².